The van der Waals surface area contributed by atoms with Gasteiger partial charge in [-0.2, -0.15) is 0 Å². The molecule has 1 aromatic carbocycles. The fourth-order valence-corrected chi connectivity index (χ4v) is 1.43. The quantitative estimate of drug-likeness (QED) is 0.647. The van der Waals surface area contributed by atoms with E-state index in [1.165, 1.54) is 0 Å². The van der Waals surface area contributed by atoms with Crippen molar-refractivity contribution in [3.8, 4) is 0 Å². The molecule has 0 radical (unpaired) electrons. The molecule has 13 heavy (non-hydrogen) atoms. The Bertz CT molecular complexity index is 437. The molecule has 0 aliphatic rings. The van der Waals surface area contributed by atoms with Gasteiger partial charge in [0.05, 0.1) is 0 Å². The summed E-state index contributed by atoms with van der Waals surface area (Å²) in [6, 6.07) is 7.75. The van der Waals surface area contributed by atoms with Gasteiger partial charge >= 0.3 is 0 Å². The van der Waals surface area contributed by atoms with Crippen LogP contribution in [-0.4, -0.2) is 12.0 Å². The first kappa shape index (κ1) is 7.86. The Balaban J connectivity index is 2.84. The Hall–Kier alpha value is -1.77. The molecule has 1 heterocycles. The molecular formula is C10H11N3. The van der Waals surface area contributed by atoms with E-state index in [4.69, 9.17) is 5.73 Å². The minimum Gasteiger partial charge on any atom is -0.398 e. The number of nitrogen functional groups attached to an aromatic ring is 1. The summed E-state index contributed by atoms with van der Waals surface area (Å²) in [6.07, 6.45) is 1.75. The van der Waals surface area contributed by atoms with E-state index in [1.807, 2.05) is 31.3 Å². The summed E-state index contributed by atoms with van der Waals surface area (Å²) in [7, 11) is 1.85. The molecular weight excluding hydrogens is 162 g/mol. The van der Waals surface area contributed by atoms with Crippen molar-refractivity contribution in [3.05, 3.63) is 30.5 Å². The first-order valence-corrected chi connectivity index (χ1v) is 4.14. The molecule has 3 N–H and O–H groups in total. The number of hydrogen-bond acceptors (Lipinski definition) is 3. The topological polar surface area (TPSA) is 50.9 Å². The van der Waals surface area contributed by atoms with Crippen molar-refractivity contribution in [2.75, 3.05) is 18.1 Å². The predicted octanol–water partition coefficient (Wildman–Crippen LogP) is 1.86. The van der Waals surface area contributed by atoms with Gasteiger partial charge in [-0.1, -0.05) is 12.1 Å². The van der Waals surface area contributed by atoms with Gasteiger partial charge in [0.25, 0.3) is 0 Å². The number of rotatable bonds is 1. The van der Waals surface area contributed by atoms with Crippen LogP contribution in [0, 0.1) is 0 Å². The molecule has 0 amide bonds. The van der Waals surface area contributed by atoms with E-state index in [0.29, 0.717) is 0 Å². The van der Waals surface area contributed by atoms with Gasteiger partial charge in [-0.15, -0.1) is 0 Å². The summed E-state index contributed by atoms with van der Waals surface area (Å²) in [5.41, 5.74) is 6.61. The second kappa shape index (κ2) is 2.94. The predicted molar refractivity (Wildman–Crippen MR) is 55.7 cm³/mol. The number of nitrogens with two attached hydrogens (primary N) is 1. The average molecular weight is 173 g/mol. The van der Waals surface area contributed by atoms with Gasteiger partial charge in [0.2, 0.25) is 0 Å². The summed E-state index contributed by atoms with van der Waals surface area (Å²) in [5.74, 6) is 0.866. The second-order valence-electron chi connectivity index (χ2n) is 2.85. The van der Waals surface area contributed by atoms with Crippen LogP contribution in [-0.2, 0) is 0 Å². The van der Waals surface area contributed by atoms with Crippen molar-refractivity contribution in [1.82, 2.24) is 4.98 Å². The van der Waals surface area contributed by atoms with Crippen LogP contribution in [0.5, 0.6) is 0 Å². The van der Waals surface area contributed by atoms with Crippen LogP contribution in [0.2, 0.25) is 0 Å². The molecule has 0 aliphatic heterocycles. The van der Waals surface area contributed by atoms with Gasteiger partial charge in [0.15, 0.2) is 0 Å². The third kappa shape index (κ3) is 1.18. The number of pyridine rings is 1. The van der Waals surface area contributed by atoms with Crippen LogP contribution < -0.4 is 11.1 Å². The molecule has 66 valence electrons. The SMILES string of the molecule is CNc1nccc2c(N)cccc12. The minimum atomic E-state index is 0.788. The fourth-order valence-electron chi connectivity index (χ4n) is 1.43. The highest BCUT2D eigenvalue weighted by Crippen LogP contribution is 2.24. The summed E-state index contributed by atoms with van der Waals surface area (Å²) < 4.78 is 0. The highest BCUT2D eigenvalue weighted by molar-refractivity contribution is 5.98. The van der Waals surface area contributed by atoms with E-state index in [1.54, 1.807) is 6.20 Å². The molecule has 3 heteroatoms. The molecule has 0 aliphatic carbocycles. The molecule has 1 aromatic heterocycles. The number of nitrogens with zero attached hydrogens (tertiary/aromatic N) is 1. The molecule has 2 rings (SSSR count). The van der Waals surface area contributed by atoms with E-state index in [2.05, 4.69) is 10.3 Å². The maximum absolute atomic E-state index is 5.82. The van der Waals surface area contributed by atoms with Crippen LogP contribution in [0.1, 0.15) is 0 Å². The Morgan fingerprint density at radius 2 is 2.08 bits per heavy atom. The Morgan fingerprint density at radius 3 is 2.85 bits per heavy atom. The van der Waals surface area contributed by atoms with Gasteiger partial charge in [-0.3, -0.25) is 0 Å². The number of fused-ring (bicyclic) bond motifs is 1. The monoisotopic (exact) mass is 173 g/mol. The number of nitrogens with one attached hydrogen (secondary N) is 1. The maximum Gasteiger partial charge on any atom is 0.133 e. The molecule has 0 saturated carbocycles. The van der Waals surface area contributed by atoms with E-state index < -0.39 is 0 Å². The Kier molecular flexibility index (Phi) is 1.77. The molecule has 0 fully saturated rings. The lowest BCUT2D eigenvalue weighted by molar-refractivity contribution is 1.32. The minimum absolute atomic E-state index is 0.788. The third-order valence-electron chi connectivity index (χ3n) is 2.08. The fraction of sp³-hybridized carbons (Fsp3) is 0.100. The van der Waals surface area contributed by atoms with E-state index in [0.717, 1.165) is 22.3 Å². The molecule has 2 aromatic rings. The molecule has 3 nitrogen and oxygen atoms in total. The van der Waals surface area contributed by atoms with Crippen molar-refractivity contribution < 1.29 is 0 Å². The summed E-state index contributed by atoms with van der Waals surface area (Å²) in [6.45, 7) is 0. The van der Waals surface area contributed by atoms with Gasteiger partial charge < -0.3 is 11.1 Å². The smallest absolute Gasteiger partial charge is 0.133 e. The zero-order valence-electron chi connectivity index (χ0n) is 7.41. The van der Waals surface area contributed by atoms with Crippen molar-refractivity contribution >= 4 is 22.3 Å². The molecule has 0 atom stereocenters. The highest BCUT2D eigenvalue weighted by Gasteiger charge is 2.01. The van der Waals surface area contributed by atoms with Gasteiger partial charge in [-0.25, -0.2) is 4.98 Å². The Labute approximate surface area is 76.6 Å². The van der Waals surface area contributed by atoms with E-state index >= 15 is 0 Å². The van der Waals surface area contributed by atoms with Crippen LogP contribution in [0.15, 0.2) is 30.5 Å². The van der Waals surface area contributed by atoms with Crippen LogP contribution in [0.4, 0.5) is 11.5 Å². The lowest BCUT2D eigenvalue weighted by Gasteiger charge is -2.05. The third-order valence-corrected chi connectivity index (χ3v) is 2.08. The van der Waals surface area contributed by atoms with E-state index in [-0.39, 0.29) is 0 Å². The van der Waals surface area contributed by atoms with Crippen LogP contribution >= 0.6 is 0 Å². The zero-order valence-corrected chi connectivity index (χ0v) is 7.41. The largest absolute Gasteiger partial charge is 0.398 e. The van der Waals surface area contributed by atoms with Gasteiger partial charge in [0, 0.05) is 29.7 Å². The normalized spacial score (nSPS) is 10.2. The molecule has 0 spiro atoms. The van der Waals surface area contributed by atoms with Gasteiger partial charge in [-0.05, 0) is 12.1 Å². The standard InChI is InChI=1S/C10H11N3/c1-12-10-8-3-2-4-9(11)7(8)5-6-13-10/h2-6H,11H2,1H3,(H,12,13). The lowest BCUT2D eigenvalue weighted by Crippen LogP contribution is -1.94. The summed E-state index contributed by atoms with van der Waals surface area (Å²) in [5, 5.41) is 5.13. The van der Waals surface area contributed by atoms with E-state index in [9.17, 15) is 0 Å². The van der Waals surface area contributed by atoms with Crippen LogP contribution in [0.3, 0.4) is 0 Å². The number of aromatic nitrogens is 1. The zero-order chi connectivity index (χ0) is 9.26. The van der Waals surface area contributed by atoms with Crippen molar-refractivity contribution in [3.63, 3.8) is 0 Å². The van der Waals surface area contributed by atoms with Gasteiger partial charge in [0.1, 0.15) is 5.82 Å². The number of anilines is 2. The molecule has 0 unspecified atom stereocenters. The molecule has 0 bridgehead atoms. The molecule has 0 saturated heterocycles. The average Bonchev–Trinajstić information content (AvgIpc) is 2.18. The Morgan fingerprint density at radius 1 is 1.23 bits per heavy atom. The summed E-state index contributed by atoms with van der Waals surface area (Å²) in [4.78, 5) is 4.20. The van der Waals surface area contributed by atoms with Crippen LogP contribution in [0.25, 0.3) is 10.8 Å². The van der Waals surface area contributed by atoms with Crippen molar-refractivity contribution in [2.24, 2.45) is 0 Å². The number of benzene rings is 1. The summed E-state index contributed by atoms with van der Waals surface area (Å²) >= 11 is 0. The second-order valence-corrected chi connectivity index (χ2v) is 2.85. The maximum atomic E-state index is 5.82. The first-order chi connectivity index (χ1) is 6.33. The first-order valence-electron chi connectivity index (χ1n) is 4.14. The number of hydrogen-bond donors (Lipinski definition) is 2. The van der Waals surface area contributed by atoms with Crippen molar-refractivity contribution in [1.29, 1.82) is 0 Å². The lowest BCUT2D eigenvalue weighted by atomic mass is 10.1. The van der Waals surface area contributed by atoms with Crippen molar-refractivity contribution in [2.45, 2.75) is 0 Å². The highest BCUT2D eigenvalue weighted by atomic mass is 14.9.